The molecule has 0 aliphatic rings. The highest BCUT2D eigenvalue weighted by molar-refractivity contribution is 7.09. The number of rotatable bonds is 5. The monoisotopic (exact) mass is 221 g/mol. The van der Waals surface area contributed by atoms with Crippen LogP contribution in [0.4, 0.5) is 0 Å². The van der Waals surface area contributed by atoms with Crippen molar-refractivity contribution < 1.29 is 0 Å². The predicted molar refractivity (Wildman–Crippen MR) is 62.8 cm³/mol. The maximum Gasteiger partial charge on any atom is 0.0762 e. The molecule has 2 aromatic heterocycles. The highest BCUT2D eigenvalue weighted by Gasteiger charge is 1.97. The van der Waals surface area contributed by atoms with Gasteiger partial charge in [0, 0.05) is 30.7 Å². The smallest absolute Gasteiger partial charge is 0.0762 e. The van der Waals surface area contributed by atoms with Gasteiger partial charge in [-0.3, -0.25) is 4.68 Å². The van der Waals surface area contributed by atoms with Crippen molar-refractivity contribution in [2.24, 2.45) is 0 Å². The van der Waals surface area contributed by atoms with E-state index in [1.165, 1.54) is 4.88 Å². The molecule has 2 heterocycles. The zero-order valence-corrected chi connectivity index (χ0v) is 9.63. The van der Waals surface area contributed by atoms with E-state index in [2.05, 4.69) is 40.9 Å². The van der Waals surface area contributed by atoms with Crippen molar-refractivity contribution in [2.75, 3.05) is 0 Å². The van der Waals surface area contributed by atoms with E-state index in [4.69, 9.17) is 0 Å². The van der Waals surface area contributed by atoms with E-state index in [-0.39, 0.29) is 0 Å². The minimum atomic E-state index is 0.838. The SMILES string of the molecule is CCn1ccc(CNCc2cccs2)n1. The summed E-state index contributed by atoms with van der Waals surface area (Å²) in [6, 6.07) is 6.28. The third-order valence-corrected chi connectivity index (χ3v) is 3.08. The summed E-state index contributed by atoms with van der Waals surface area (Å²) >= 11 is 1.78. The van der Waals surface area contributed by atoms with Crippen LogP contribution in [0.25, 0.3) is 0 Å². The van der Waals surface area contributed by atoms with Crippen LogP contribution in [0.3, 0.4) is 0 Å². The fraction of sp³-hybridized carbons (Fsp3) is 0.364. The van der Waals surface area contributed by atoms with E-state index in [1.54, 1.807) is 11.3 Å². The molecule has 2 rings (SSSR count). The molecule has 15 heavy (non-hydrogen) atoms. The zero-order valence-electron chi connectivity index (χ0n) is 8.81. The second kappa shape index (κ2) is 5.09. The highest BCUT2D eigenvalue weighted by atomic mass is 32.1. The number of hydrogen-bond donors (Lipinski definition) is 1. The Hall–Kier alpha value is -1.13. The Morgan fingerprint density at radius 1 is 1.40 bits per heavy atom. The first-order chi connectivity index (χ1) is 7.38. The van der Waals surface area contributed by atoms with Crippen molar-refractivity contribution in [1.82, 2.24) is 15.1 Å². The molecule has 0 amide bonds. The Bertz CT molecular complexity index is 392. The number of aryl methyl sites for hydroxylation is 1. The Balaban J connectivity index is 1.78. The van der Waals surface area contributed by atoms with Crippen LogP contribution < -0.4 is 5.32 Å². The van der Waals surface area contributed by atoms with Crippen LogP contribution >= 0.6 is 11.3 Å². The van der Waals surface area contributed by atoms with Crippen LogP contribution in [0, 0.1) is 0 Å². The summed E-state index contributed by atoms with van der Waals surface area (Å²) in [5, 5.41) is 9.88. The van der Waals surface area contributed by atoms with Gasteiger partial charge in [-0.05, 0) is 24.4 Å². The van der Waals surface area contributed by atoms with Crippen LogP contribution in [-0.4, -0.2) is 9.78 Å². The molecule has 0 saturated carbocycles. The lowest BCUT2D eigenvalue weighted by molar-refractivity contribution is 0.621. The first-order valence-electron chi connectivity index (χ1n) is 5.14. The first kappa shape index (κ1) is 10.4. The van der Waals surface area contributed by atoms with Gasteiger partial charge in [-0.2, -0.15) is 5.10 Å². The molecule has 0 aromatic carbocycles. The standard InChI is InChI=1S/C11H15N3S/c1-2-14-6-5-10(13-14)8-12-9-11-4-3-7-15-11/h3-7,12H,2,8-9H2,1H3. The average Bonchev–Trinajstić information content (AvgIpc) is 2.88. The van der Waals surface area contributed by atoms with E-state index < -0.39 is 0 Å². The molecule has 3 nitrogen and oxygen atoms in total. The molecule has 4 heteroatoms. The van der Waals surface area contributed by atoms with E-state index in [9.17, 15) is 0 Å². The summed E-state index contributed by atoms with van der Waals surface area (Å²) in [6.07, 6.45) is 2.02. The molecule has 0 atom stereocenters. The lowest BCUT2D eigenvalue weighted by Crippen LogP contribution is -2.12. The van der Waals surface area contributed by atoms with Crippen LogP contribution in [0.1, 0.15) is 17.5 Å². The molecular formula is C11H15N3S. The van der Waals surface area contributed by atoms with Crippen LogP contribution in [0.5, 0.6) is 0 Å². The maximum absolute atomic E-state index is 4.41. The molecule has 1 N–H and O–H groups in total. The van der Waals surface area contributed by atoms with Crippen LogP contribution in [-0.2, 0) is 19.6 Å². The van der Waals surface area contributed by atoms with Crippen molar-refractivity contribution in [1.29, 1.82) is 0 Å². The minimum absolute atomic E-state index is 0.838. The van der Waals surface area contributed by atoms with Crippen molar-refractivity contribution in [3.8, 4) is 0 Å². The number of hydrogen-bond acceptors (Lipinski definition) is 3. The minimum Gasteiger partial charge on any atom is -0.306 e. The molecule has 0 spiro atoms. The Labute approximate surface area is 93.7 Å². The molecule has 0 fully saturated rings. The second-order valence-electron chi connectivity index (χ2n) is 3.35. The zero-order chi connectivity index (χ0) is 10.5. The maximum atomic E-state index is 4.41. The number of thiophene rings is 1. The molecule has 80 valence electrons. The lowest BCUT2D eigenvalue weighted by atomic mass is 10.4. The number of nitrogens with one attached hydrogen (secondary N) is 1. The van der Waals surface area contributed by atoms with Gasteiger partial charge in [0.2, 0.25) is 0 Å². The average molecular weight is 221 g/mol. The van der Waals surface area contributed by atoms with Gasteiger partial charge in [0.25, 0.3) is 0 Å². The molecule has 0 saturated heterocycles. The van der Waals surface area contributed by atoms with E-state index in [0.29, 0.717) is 0 Å². The van der Waals surface area contributed by atoms with Gasteiger partial charge in [0.05, 0.1) is 5.69 Å². The summed E-state index contributed by atoms with van der Waals surface area (Å²) in [5.74, 6) is 0. The number of nitrogens with zero attached hydrogens (tertiary/aromatic N) is 2. The Morgan fingerprint density at radius 3 is 3.00 bits per heavy atom. The van der Waals surface area contributed by atoms with Crippen molar-refractivity contribution in [3.63, 3.8) is 0 Å². The largest absolute Gasteiger partial charge is 0.306 e. The third-order valence-electron chi connectivity index (χ3n) is 2.21. The molecular weight excluding hydrogens is 206 g/mol. The molecule has 0 radical (unpaired) electrons. The van der Waals surface area contributed by atoms with Crippen LogP contribution in [0.2, 0.25) is 0 Å². The molecule has 0 bridgehead atoms. The van der Waals surface area contributed by atoms with Gasteiger partial charge < -0.3 is 5.32 Å². The summed E-state index contributed by atoms with van der Waals surface area (Å²) in [5.41, 5.74) is 1.11. The molecule has 0 aliphatic carbocycles. The lowest BCUT2D eigenvalue weighted by Gasteiger charge is -1.99. The normalized spacial score (nSPS) is 10.7. The van der Waals surface area contributed by atoms with E-state index >= 15 is 0 Å². The predicted octanol–water partition coefficient (Wildman–Crippen LogP) is 2.25. The fourth-order valence-electron chi connectivity index (χ4n) is 1.40. The van der Waals surface area contributed by atoms with Gasteiger partial charge in [-0.1, -0.05) is 6.07 Å². The van der Waals surface area contributed by atoms with Gasteiger partial charge in [0.1, 0.15) is 0 Å². The van der Waals surface area contributed by atoms with E-state index in [0.717, 1.165) is 25.3 Å². The van der Waals surface area contributed by atoms with Crippen molar-refractivity contribution in [3.05, 3.63) is 40.3 Å². The summed E-state index contributed by atoms with van der Waals surface area (Å²) in [6.45, 7) is 4.79. The van der Waals surface area contributed by atoms with Crippen LogP contribution in [0.15, 0.2) is 29.8 Å². The first-order valence-corrected chi connectivity index (χ1v) is 6.02. The van der Waals surface area contributed by atoms with Crippen molar-refractivity contribution in [2.45, 2.75) is 26.6 Å². The second-order valence-corrected chi connectivity index (χ2v) is 4.38. The third kappa shape index (κ3) is 2.91. The van der Waals surface area contributed by atoms with Gasteiger partial charge >= 0.3 is 0 Å². The number of aromatic nitrogens is 2. The molecule has 0 unspecified atom stereocenters. The van der Waals surface area contributed by atoms with E-state index in [1.807, 2.05) is 10.9 Å². The topological polar surface area (TPSA) is 29.9 Å². The molecule has 2 aromatic rings. The Morgan fingerprint density at radius 2 is 2.33 bits per heavy atom. The summed E-state index contributed by atoms with van der Waals surface area (Å²) in [4.78, 5) is 1.37. The van der Waals surface area contributed by atoms with Gasteiger partial charge in [-0.25, -0.2) is 0 Å². The quantitative estimate of drug-likeness (QED) is 0.839. The highest BCUT2D eigenvalue weighted by Crippen LogP contribution is 2.07. The summed E-state index contributed by atoms with van der Waals surface area (Å²) in [7, 11) is 0. The van der Waals surface area contributed by atoms with Gasteiger partial charge in [0.15, 0.2) is 0 Å². The Kier molecular flexibility index (Phi) is 3.53. The van der Waals surface area contributed by atoms with Gasteiger partial charge in [-0.15, -0.1) is 11.3 Å². The molecule has 0 aliphatic heterocycles. The fourth-order valence-corrected chi connectivity index (χ4v) is 2.08. The van der Waals surface area contributed by atoms with Crippen molar-refractivity contribution >= 4 is 11.3 Å². The summed E-state index contributed by atoms with van der Waals surface area (Å²) < 4.78 is 1.95.